The normalized spacial score (nSPS) is 13.2. The van der Waals surface area contributed by atoms with Crippen LogP contribution in [0.15, 0.2) is 47.6 Å². The van der Waals surface area contributed by atoms with Crippen molar-refractivity contribution in [3.8, 4) is 17.0 Å². The Kier molecular flexibility index (Phi) is 7.98. The lowest BCUT2D eigenvalue weighted by Gasteiger charge is -2.36. The standard InChI is InChI=1S/C27H41N3O4SSi/c1-26(2,3)35(31,32)24-19-30-22(18-29-25(30)17-23(24)33-7)20-12-10-13-21(16-20)28-14-11-15-34-36(8,9)27(4,5)6/h10,12-13,16-19,28H,11,14-15H2,1-9H3. The number of rotatable bonds is 9. The predicted octanol–water partition coefficient (Wildman–Crippen LogP) is 6.41. The smallest absolute Gasteiger partial charge is 0.191 e. The van der Waals surface area contributed by atoms with Crippen LogP contribution in [0.3, 0.4) is 0 Å². The van der Waals surface area contributed by atoms with Crippen molar-refractivity contribution < 1.29 is 17.6 Å². The number of anilines is 1. The van der Waals surface area contributed by atoms with Gasteiger partial charge >= 0.3 is 0 Å². The van der Waals surface area contributed by atoms with E-state index in [1.807, 2.05) is 22.6 Å². The summed E-state index contributed by atoms with van der Waals surface area (Å²) in [5, 5.41) is 3.69. The van der Waals surface area contributed by atoms with Gasteiger partial charge in [-0.25, -0.2) is 13.4 Å². The zero-order valence-corrected chi connectivity index (χ0v) is 24.9. The molecule has 2 aromatic heterocycles. The Morgan fingerprint density at radius 2 is 1.78 bits per heavy atom. The first-order chi connectivity index (χ1) is 16.6. The number of hydrogen-bond acceptors (Lipinski definition) is 6. The van der Waals surface area contributed by atoms with E-state index < -0.39 is 22.9 Å². The Hall–Kier alpha value is -2.36. The van der Waals surface area contributed by atoms with Gasteiger partial charge in [-0.1, -0.05) is 32.9 Å². The molecule has 0 saturated heterocycles. The molecule has 198 valence electrons. The Labute approximate surface area is 217 Å². The second-order valence-electron chi connectivity index (χ2n) is 11.7. The SMILES string of the molecule is COc1cc2ncc(-c3cccc(NCCCO[Si](C)(C)C(C)(C)C)c3)n2cc1S(=O)(=O)C(C)(C)C. The molecule has 0 amide bonds. The van der Waals surface area contributed by atoms with Crippen molar-refractivity contribution in [3.63, 3.8) is 0 Å². The van der Waals surface area contributed by atoms with Crippen LogP contribution in [-0.4, -0.2) is 51.1 Å². The lowest BCUT2D eigenvalue weighted by atomic mass is 10.1. The Balaban J connectivity index is 1.82. The van der Waals surface area contributed by atoms with Gasteiger partial charge in [0.25, 0.3) is 0 Å². The van der Waals surface area contributed by atoms with Crippen LogP contribution >= 0.6 is 0 Å². The first-order valence-electron chi connectivity index (χ1n) is 12.4. The molecule has 1 aromatic carbocycles. The number of benzene rings is 1. The number of fused-ring (bicyclic) bond motifs is 1. The van der Waals surface area contributed by atoms with Crippen molar-refractivity contribution in [1.29, 1.82) is 0 Å². The van der Waals surface area contributed by atoms with E-state index >= 15 is 0 Å². The molecule has 0 fully saturated rings. The van der Waals surface area contributed by atoms with Crippen molar-refractivity contribution in [2.24, 2.45) is 0 Å². The fraction of sp³-hybridized carbons (Fsp3) is 0.519. The van der Waals surface area contributed by atoms with Gasteiger partial charge in [-0.15, -0.1) is 0 Å². The lowest BCUT2D eigenvalue weighted by molar-refractivity contribution is 0.286. The van der Waals surface area contributed by atoms with Gasteiger partial charge in [0.1, 0.15) is 16.3 Å². The van der Waals surface area contributed by atoms with E-state index in [9.17, 15) is 8.42 Å². The summed E-state index contributed by atoms with van der Waals surface area (Å²) in [4.78, 5) is 4.66. The number of nitrogens with zero attached hydrogens (tertiary/aromatic N) is 2. The molecule has 0 aliphatic heterocycles. The van der Waals surface area contributed by atoms with Gasteiger partial charge in [-0.3, -0.25) is 4.40 Å². The molecular weight excluding hydrogens is 490 g/mol. The summed E-state index contributed by atoms with van der Waals surface area (Å²) in [5.74, 6) is 0.296. The van der Waals surface area contributed by atoms with E-state index in [-0.39, 0.29) is 9.93 Å². The van der Waals surface area contributed by atoms with E-state index in [1.165, 1.54) is 7.11 Å². The first kappa shape index (κ1) is 28.2. The third kappa shape index (κ3) is 5.79. The summed E-state index contributed by atoms with van der Waals surface area (Å²) in [5.41, 5.74) is 3.36. The van der Waals surface area contributed by atoms with Gasteiger partial charge in [0.15, 0.2) is 18.2 Å². The number of aromatic nitrogens is 2. The van der Waals surface area contributed by atoms with Crippen LogP contribution in [0.1, 0.15) is 48.0 Å². The second kappa shape index (κ2) is 10.2. The Morgan fingerprint density at radius 1 is 1.08 bits per heavy atom. The van der Waals surface area contributed by atoms with Crippen LogP contribution in [0.4, 0.5) is 5.69 Å². The van der Waals surface area contributed by atoms with Gasteiger partial charge in [-0.05, 0) is 57.5 Å². The summed E-state index contributed by atoms with van der Waals surface area (Å²) < 4.78 is 39.1. The summed E-state index contributed by atoms with van der Waals surface area (Å²) in [7, 11) is -3.88. The van der Waals surface area contributed by atoms with Crippen LogP contribution in [0.5, 0.6) is 5.75 Å². The number of hydrogen-bond donors (Lipinski definition) is 1. The number of methoxy groups -OCH3 is 1. The maximum atomic E-state index is 13.3. The molecule has 0 atom stereocenters. The molecule has 0 aliphatic rings. The molecule has 9 heteroatoms. The number of sulfone groups is 1. The minimum absolute atomic E-state index is 0.153. The maximum absolute atomic E-state index is 13.3. The molecule has 0 saturated carbocycles. The molecular formula is C27H41N3O4SSi. The molecule has 3 aromatic rings. The van der Waals surface area contributed by atoms with Gasteiger partial charge < -0.3 is 14.5 Å². The highest BCUT2D eigenvalue weighted by molar-refractivity contribution is 7.92. The molecule has 3 rings (SSSR count). The van der Waals surface area contributed by atoms with E-state index in [2.05, 4.69) is 50.2 Å². The van der Waals surface area contributed by atoms with Gasteiger partial charge in [0.05, 0.1) is 23.7 Å². The lowest BCUT2D eigenvalue weighted by Crippen LogP contribution is -2.41. The Bertz CT molecular complexity index is 1320. The highest BCUT2D eigenvalue weighted by atomic mass is 32.2. The van der Waals surface area contributed by atoms with Crippen molar-refractivity contribution in [2.45, 2.75) is 75.7 Å². The van der Waals surface area contributed by atoms with Crippen molar-refractivity contribution >= 4 is 29.5 Å². The number of nitrogens with one attached hydrogen (secondary N) is 1. The van der Waals surface area contributed by atoms with Crippen molar-refractivity contribution in [3.05, 3.63) is 42.7 Å². The third-order valence-electron chi connectivity index (χ3n) is 6.97. The largest absolute Gasteiger partial charge is 0.495 e. The monoisotopic (exact) mass is 531 g/mol. The van der Waals surface area contributed by atoms with E-state index in [0.29, 0.717) is 11.4 Å². The van der Waals surface area contributed by atoms with Gasteiger partial charge in [0.2, 0.25) is 0 Å². The average molecular weight is 532 g/mol. The van der Waals surface area contributed by atoms with Crippen molar-refractivity contribution in [2.75, 3.05) is 25.6 Å². The highest BCUT2D eigenvalue weighted by Crippen LogP contribution is 2.37. The Morgan fingerprint density at radius 3 is 2.39 bits per heavy atom. The molecule has 0 bridgehead atoms. The topological polar surface area (TPSA) is 81.9 Å². The molecule has 7 nitrogen and oxygen atoms in total. The molecule has 36 heavy (non-hydrogen) atoms. The molecule has 1 N–H and O–H groups in total. The number of pyridine rings is 1. The predicted molar refractivity (Wildman–Crippen MR) is 150 cm³/mol. The zero-order valence-electron chi connectivity index (χ0n) is 23.1. The average Bonchev–Trinajstić information content (AvgIpc) is 3.19. The first-order valence-corrected chi connectivity index (χ1v) is 16.8. The van der Waals surface area contributed by atoms with Gasteiger partial charge in [0, 0.05) is 36.7 Å². The zero-order chi connectivity index (χ0) is 26.9. The van der Waals surface area contributed by atoms with Crippen LogP contribution in [0, 0.1) is 0 Å². The van der Waals surface area contributed by atoms with E-state index in [4.69, 9.17) is 9.16 Å². The van der Waals surface area contributed by atoms with Crippen LogP contribution in [0.2, 0.25) is 18.1 Å². The summed E-state index contributed by atoms with van der Waals surface area (Å²) >= 11 is 0. The summed E-state index contributed by atoms with van der Waals surface area (Å²) in [6.07, 6.45) is 4.30. The molecule has 2 heterocycles. The number of imidazole rings is 1. The minimum atomic E-state index is -3.63. The maximum Gasteiger partial charge on any atom is 0.191 e. The minimum Gasteiger partial charge on any atom is -0.495 e. The van der Waals surface area contributed by atoms with Gasteiger partial charge in [-0.2, -0.15) is 0 Å². The fourth-order valence-corrected chi connectivity index (χ4v) is 5.93. The molecule has 0 spiro atoms. The van der Waals surface area contributed by atoms with Crippen LogP contribution in [-0.2, 0) is 14.3 Å². The quantitative estimate of drug-likeness (QED) is 0.254. The molecule has 0 aliphatic carbocycles. The third-order valence-corrected chi connectivity index (χ3v) is 14.0. The van der Waals surface area contributed by atoms with E-state index in [1.54, 1.807) is 39.2 Å². The molecule has 0 radical (unpaired) electrons. The van der Waals surface area contributed by atoms with Crippen LogP contribution in [0.25, 0.3) is 16.9 Å². The highest BCUT2D eigenvalue weighted by Gasteiger charge is 2.37. The second-order valence-corrected chi connectivity index (χ2v) is 19.1. The number of ether oxygens (including phenoxy) is 1. The summed E-state index contributed by atoms with van der Waals surface area (Å²) in [6.45, 7) is 17.9. The van der Waals surface area contributed by atoms with E-state index in [0.717, 1.165) is 36.5 Å². The fourth-order valence-electron chi connectivity index (χ4n) is 3.53. The van der Waals surface area contributed by atoms with Crippen LogP contribution < -0.4 is 10.1 Å². The summed E-state index contributed by atoms with van der Waals surface area (Å²) in [6, 6.07) is 9.74. The van der Waals surface area contributed by atoms with Crippen molar-refractivity contribution in [1.82, 2.24) is 9.38 Å². The molecule has 0 unspecified atom stereocenters.